The molecule has 1 fully saturated rings. The number of halogens is 4. The number of carbonyl (C=O) groups is 1. The lowest BCUT2D eigenvalue weighted by Crippen LogP contribution is -2.37. The molecule has 188 valence electrons. The molecular weight excluding hydrogens is 578 g/mol. The number of aromatic hydroxyl groups is 1. The molecule has 0 radical (unpaired) electrons. The lowest BCUT2D eigenvalue weighted by molar-refractivity contribution is 0.102. The van der Waals surface area contributed by atoms with Crippen molar-refractivity contribution < 1.29 is 19.0 Å². The number of nitrogens with one attached hydrogen (secondary N) is 1. The smallest absolute Gasteiger partial charge is 0.270 e. The van der Waals surface area contributed by atoms with E-state index in [1.165, 1.54) is 6.07 Å². The van der Waals surface area contributed by atoms with Gasteiger partial charge in [0, 0.05) is 23.1 Å². The van der Waals surface area contributed by atoms with Gasteiger partial charge in [-0.2, -0.15) is 10.1 Å². The number of morpholine rings is 1. The Hall–Kier alpha value is -2.86. The third-order valence-corrected chi connectivity index (χ3v) is 6.69. The Morgan fingerprint density at radius 2 is 2.08 bits per heavy atom. The lowest BCUT2D eigenvalue weighted by Gasteiger charge is -2.27. The average molecular weight is 598 g/mol. The number of ether oxygens (including phenoxy) is 1. The number of phenolic OH excluding ortho intramolecular Hbond substituents is 1. The Morgan fingerprint density at radius 1 is 1.33 bits per heavy atom. The highest BCUT2D eigenvalue weighted by molar-refractivity contribution is 9.10. The third kappa shape index (κ3) is 5.75. The van der Waals surface area contributed by atoms with Gasteiger partial charge in [0.25, 0.3) is 11.9 Å². The zero-order valence-electron chi connectivity index (χ0n) is 18.9. The molecule has 2 N–H and O–H groups in total. The molecule has 0 spiro atoms. The van der Waals surface area contributed by atoms with Crippen LogP contribution in [-0.2, 0) is 11.3 Å². The van der Waals surface area contributed by atoms with Crippen LogP contribution in [0.3, 0.4) is 0 Å². The normalized spacial score (nSPS) is 13.9. The van der Waals surface area contributed by atoms with Crippen molar-refractivity contribution in [3.05, 3.63) is 67.5 Å². The van der Waals surface area contributed by atoms with Gasteiger partial charge in [0.05, 0.1) is 47.3 Å². The molecule has 0 saturated carbocycles. The highest BCUT2D eigenvalue weighted by Crippen LogP contribution is 2.38. The second-order valence-electron chi connectivity index (χ2n) is 7.78. The molecule has 2 heterocycles. The molecule has 1 amide bonds. The van der Waals surface area contributed by atoms with Crippen LogP contribution in [0.25, 0.3) is 0 Å². The predicted molar refractivity (Wildman–Crippen MR) is 138 cm³/mol. The number of nitrogens with zero attached hydrogens (tertiary/aromatic N) is 5. The number of aryl methyl sites for hydroxylation is 1. The van der Waals surface area contributed by atoms with Crippen molar-refractivity contribution in [3.8, 4) is 5.75 Å². The fourth-order valence-electron chi connectivity index (χ4n) is 3.52. The summed E-state index contributed by atoms with van der Waals surface area (Å²) in [6.45, 7) is 3.66. The summed E-state index contributed by atoms with van der Waals surface area (Å²) in [5.74, 6) is -1.35. The number of hydrogen-bond donors (Lipinski definition) is 2. The highest BCUT2D eigenvalue weighted by Gasteiger charge is 2.22. The average Bonchev–Trinajstić information content (AvgIpc) is 2.86. The number of benzene rings is 2. The first-order valence-electron chi connectivity index (χ1n) is 10.7. The summed E-state index contributed by atoms with van der Waals surface area (Å²) in [6.07, 6.45) is 1.03. The molecule has 3 aromatic rings. The molecule has 1 aliphatic rings. The van der Waals surface area contributed by atoms with Gasteiger partial charge in [-0.1, -0.05) is 35.3 Å². The number of amides is 1. The fraction of sp³-hybridized carbons (Fsp3) is 0.261. The fourth-order valence-corrected chi connectivity index (χ4v) is 4.87. The molecule has 36 heavy (non-hydrogen) atoms. The Morgan fingerprint density at radius 3 is 2.81 bits per heavy atom. The molecule has 1 saturated heterocycles. The molecule has 1 aromatic heterocycles. The number of rotatable bonds is 6. The maximum Gasteiger partial charge on any atom is 0.270 e. The van der Waals surface area contributed by atoms with E-state index in [0.29, 0.717) is 47.0 Å². The number of phenols is 1. The van der Waals surface area contributed by atoms with E-state index in [4.69, 9.17) is 27.9 Å². The Kier molecular flexibility index (Phi) is 8.35. The summed E-state index contributed by atoms with van der Waals surface area (Å²) >= 11 is 15.9. The van der Waals surface area contributed by atoms with Gasteiger partial charge < -0.3 is 20.1 Å². The molecule has 4 rings (SSSR count). The SMILES string of the molecule is Cc1cccc(Cl)c1NC(=O)c1c(Br)cc(CN=Nc2ncc(F)c(N3CCOCC3)n2)c(O)c1Cl. The maximum atomic E-state index is 14.2. The van der Waals surface area contributed by atoms with Crippen LogP contribution in [0, 0.1) is 12.7 Å². The molecule has 0 aliphatic carbocycles. The first kappa shape index (κ1) is 26.2. The van der Waals surface area contributed by atoms with Gasteiger partial charge in [-0.25, -0.2) is 9.37 Å². The van der Waals surface area contributed by atoms with Crippen molar-refractivity contribution >= 4 is 62.5 Å². The molecule has 0 bridgehead atoms. The van der Waals surface area contributed by atoms with E-state index in [-0.39, 0.29) is 34.6 Å². The van der Waals surface area contributed by atoms with Crippen molar-refractivity contribution in [2.75, 3.05) is 36.5 Å². The van der Waals surface area contributed by atoms with Crippen molar-refractivity contribution in [2.45, 2.75) is 13.5 Å². The number of azo groups is 1. The molecule has 0 atom stereocenters. The molecule has 13 heteroatoms. The minimum Gasteiger partial charge on any atom is -0.506 e. The zero-order chi connectivity index (χ0) is 25.8. The molecular formula is C23H20BrCl2FN6O3. The van der Waals surface area contributed by atoms with Gasteiger partial charge in [-0.15, -0.1) is 5.11 Å². The molecule has 0 unspecified atom stereocenters. The summed E-state index contributed by atoms with van der Waals surface area (Å²) in [5.41, 5.74) is 1.55. The minimum absolute atomic E-state index is 0.0335. The topological polar surface area (TPSA) is 112 Å². The summed E-state index contributed by atoms with van der Waals surface area (Å²) < 4.78 is 19.8. The largest absolute Gasteiger partial charge is 0.506 e. The van der Waals surface area contributed by atoms with E-state index in [2.05, 4.69) is 41.4 Å². The van der Waals surface area contributed by atoms with E-state index >= 15 is 0 Å². The van der Waals surface area contributed by atoms with Crippen LogP contribution >= 0.6 is 39.1 Å². The highest BCUT2D eigenvalue weighted by atomic mass is 79.9. The monoisotopic (exact) mass is 596 g/mol. The van der Waals surface area contributed by atoms with Crippen LogP contribution in [0.2, 0.25) is 10.0 Å². The van der Waals surface area contributed by atoms with E-state index in [1.807, 2.05) is 0 Å². The number of anilines is 2. The van der Waals surface area contributed by atoms with Crippen molar-refractivity contribution in [2.24, 2.45) is 10.2 Å². The van der Waals surface area contributed by atoms with Gasteiger partial charge in [-0.3, -0.25) is 4.79 Å². The third-order valence-electron chi connectivity index (χ3n) is 5.38. The van der Waals surface area contributed by atoms with Crippen LogP contribution in [-0.4, -0.2) is 47.3 Å². The van der Waals surface area contributed by atoms with Gasteiger partial charge in [0.15, 0.2) is 11.6 Å². The quantitative estimate of drug-likeness (QED) is 0.333. The Balaban J connectivity index is 1.52. The van der Waals surface area contributed by atoms with Crippen molar-refractivity contribution in [3.63, 3.8) is 0 Å². The van der Waals surface area contributed by atoms with E-state index in [9.17, 15) is 14.3 Å². The second-order valence-corrected chi connectivity index (χ2v) is 9.42. The van der Waals surface area contributed by atoms with Crippen molar-refractivity contribution in [1.82, 2.24) is 9.97 Å². The van der Waals surface area contributed by atoms with Crippen molar-refractivity contribution in [1.29, 1.82) is 0 Å². The summed E-state index contributed by atoms with van der Waals surface area (Å²) in [7, 11) is 0. The van der Waals surface area contributed by atoms with Gasteiger partial charge in [0.2, 0.25) is 0 Å². The number of carbonyl (C=O) groups excluding carboxylic acids is 1. The van der Waals surface area contributed by atoms with Crippen LogP contribution in [0.4, 0.5) is 21.8 Å². The first-order valence-corrected chi connectivity index (χ1v) is 12.3. The van der Waals surface area contributed by atoms with Crippen LogP contribution in [0.15, 0.2) is 45.2 Å². The predicted octanol–water partition coefficient (Wildman–Crippen LogP) is 6.07. The van der Waals surface area contributed by atoms with E-state index in [1.54, 1.807) is 30.0 Å². The van der Waals surface area contributed by atoms with E-state index in [0.717, 1.165) is 11.8 Å². The lowest BCUT2D eigenvalue weighted by atomic mass is 10.1. The number of para-hydroxylation sites is 1. The van der Waals surface area contributed by atoms with Gasteiger partial charge in [0.1, 0.15) is 5.75 Å². The van der Waals surface area contributed by atoms with Crippen LogP contribution < -0.4 is 10.2 Å². The van der Waals surface area contributed by atoms with E-state index < -0.39 is 11.7 Å². The van der Waals surface area contributed by atoms with Gasteiger partial charge in [-0.05, 0) is 40.5 Å². The Bertz CT molecular complexity index is 1320. The molecule has 2 aromatic carbocycles. The minimum atomic E-state index is -0.565. The zero-order valence-corrected chi connectivity index (χ0v) is 22.0. The molecule has 9 nitrogen and oxygen atoms in total. The summed E-state index contributed by atoms with van der Waals surface area (Å²) in [6, 6.07) is 6.74. The van der Waals surface area contributed by atoms with Gasteiger partial charge >= 0.3 is 0 Å². The maximum absolute atomic E-state index is 14.2. The summed E-state index contributed by atoms with van der Waals surface area (Å²) in [5, 5.41) is 21.5. The Labute approximate surface area is 224 Å². The van der Waals surface area contributed by atoms with Crippen LogP contribution in [0.1, 0.15) is 21.5 Å². The second kappa shape index (κ2) is 11.5. The van der Waals surface area contributed by atoms with Crippen LogP contribution in [0.5, 0.6) is 5.75 Å². The number of aromatic nitrogens is 2. The molecule has 1 aliphatic heterocycles. The number of hydrogen-bond acceptors (Lipinski definition) is 8. The first-order chi connectivity index (χ1) is 17.3. The summed E-state index contributed by atoms with van der Waals surface area (Å²) in [4.78, 5) is 22.6. The standard InChI is InChI=1S/C23H20BrCl2FN6O3/c1-12-3-2-4-15(25)19(12)30-22(35)17-14(24)9-13(20(34)18(17)26)10-29-32-23-28-11-16(27)21(31-23)33-5-7-36-8-6-33/h2-4,9,11,34H,5-8,10H2,1H3,(H,30,35).